The fourth-order valence-corrected chi connectivity index (χ4v) is 2.48. The molecule has 0 amide bonds. The summed E-state index contributed by atoms with van der Waals surface area (Å²) in [5.41, 5.74) is 0. The molecule has 0 aliphatic carbocycles. The van der Waals surface area contributed by atoms with Gasteiger partial charge >= 0.3 is 0 Å². The summed E-state index contributed by atoms with van der Waals surface area (Å²) >= 11 is 0. The highest BCUT2D eigenvalue weighted by Crippen LogP contribution is 2.10. The van der Waals surface area contributed by atoms with Crippen LogP contribution in [0.3, 0.4) is 0 Å². The molecule has 1 aromatic heterocycles. The van der Waals surface area contributed by atoms with Crippen molar-refractivity contribution < 1.29 is 0 Å². The average Bonchev–Trinajstić information content (AvgIpc) is 2.80. The average molecular weight is 280 g/mol. The molecule has 116 valence electrons. The lowest BCUT2D eigenvalue weighted by Crippen LogP contribution is -2.16. The van der Waals surface area contributed by atoms with E-state index in [0.29, 0.717) is 0 Å². The van der Waals surface area contributed by atoms with Crippen molar-refractivity contribution in [3.05, 3.63) is 11.6 Å². The predicted octanol–water partition coefficient (Wildman–Crippen LogP) is 4.02. The summed E-state index contributed by atoms with van der Waals surface area (Å²) in [5.74, 6) is 7.98. The van der Waals surface area contributed by atoms with E-state index in [1.807, 2.05) is 0 Å². The van der Waals surface area contributed by atoms with Crippen LogP contribution in [-0.4, -0.2) is 14.9 Å². The molecular weight excluding hydrogens is 248 g/mol. The lowest BCUT2D eigenvalue weighted by Gasteiger charge is -2.04. The number of hydrogen-bond donors (Lipinski definition) is 1. The van der Waals surface area contributed by atoms with Crippen molar-refractivity contribution in [2.75, 3.05) is 5.84 Å². The van der Waals surface area contributed by atoms with E-state index in [9.17, 15) is 0 Å². The first-order valence-electron chi connectivity index (χ1n) is 8.47. The highest BCUT2D eigenvalue weighted by atomic mass is 15.4. The number of unbranched alkanes of at least 4 members (excludes halogenated alkanes) is 8. The molecule has 0 spiro atoms. The van der Waals surface area contributed by atoms with Crippen molar-refractivity contribution in [1.82, 2.24) is 14.9 Å². The molecule has 0 aliphatic heterocycles. The molecule has 0 fully saturated rings. The van der Waals surface area contributed by atoms with Crippen LogP contribution in [0, 0.1) is 0 Å². The molecule has 0 saturated heterocycles. The molecule has 0 bridgehead atoms. The molecule has 4 heteroatoms. The van der Waals surface area contributed by atoms with E-state index >= 15 is 0 Å². The molecule has 20 heavy (non-hydrogen) atoms. The lowest BCUT2D eigenvalue weighted by molar-refractivity contribution is 0.606. The number of nitrogens with two attached hydrogens (primary N) is 1. The van der Waals surface area contributed by atoms with Gasteiger partial charge in [-0.2, -0.15) is 0 Å². The van der Waals surface area contributed by atoms with Crippen LogP contribution >= 0.6 is 0 Å². The Morgan fingerprint density at radius 1 is 0.700 bits per heavy atom. The van der Waals surface area contributed by atoms with Crippen LogP contribution in [0.1, 0.15) is 89.7 Å². The zero-order valence-electron chi connectivity index (χ0n) is 13.4. The molecule has 1 rings (SSSR count). The van der Waals surface area contributed by atoms with Crippen molar-refractivity contribution in [3.8, 4) is 0 Å². The van der Waals surface area contributed by atoms with Crippen LogP contribution in [0.25, 0.3) is 0 Å². The third-order valence-electron chi connectivity index (χ3n) is 3.84. The highest BCUT2D eigenvalue weighted by Gasteiger charge is 2.08. The van der Waals surface area contributed by atoms with Crippen LogP contribution in [0.5, 0.6) is 0 Å². The van der Waals surface area contributed by atoms with Gasteiger partial charge in [-0.25, -0.2) is 4.68 Å². The molecule has 0 radical (unpaired) electrons. The summed E-state index contributed by atoms with van der Waals surface area (Å²) < 4.78 is 1.72. The van der Waals surface area contributed by atoms with E-state index in [2.05, 4.69) is 24.0 Å². The van der Waals surface area contributed by atoms with Crippen LogP contribution in [0.2, 0.25) is 0 Å². The molecule has 1 aromatic rings. The van der Waals surface area contributed by atoms with Crippen molar-refractivity contribution >= 4 is 0 Å². The normalized spacial score (nSPS) is 11.1. The van der Waals surface area contributed by atoms with Crippen LogP contribution in [0.4, 0.5) is 0 Å². The fourth-order valence-electron chi connectivity index (χ4n) is 2.48. The van der Waals surface area contributed by atoms with Crippen molar-refractivity contribution in [2.24, 2.45) is 0 Å². The first-order chi connectivity index (χ1) is 9.79. The summed E-state index contributed by atoms with van der Waals surface area (Å²) in [6, 6.07) is 0. The predicted molar refractivity (Wildman–Crippen MR) is 85.1 cm³/mol. The Hall–Kier alpha value is -1.06. The molecule has 0 saturated carbocycles. The number of hydrogen-bond acceptors (Lipinski definition) is 3. The summed E-state index contributed by atoms with van der Waals surface area (Å²) in [6.07, 6.45) is 14.7. The maximum Gasteiger partial charge on any atom is 0.151 e. The topological polar surface area (TPSA) is 56.7 Å². The molecule has 4 nitrogen and oxygen atoms in total. The number of aromatic nitrogens is 3. The van der Waals surface area contributed by atoms with E-state index < -0.39 is 0 Å². The summed E-state index contributed by atoms with van der Waals surface area (Å²) in [6.45, 7) is 4.48. The van der Waals surface area contributed by atoms with Gasteiger partial charge in [0.2, 0.25) is 0 Å². The Morgan fingerprint density at radius 3 is 1.50 bits per heavy atom. The Labute approximate surface area is 124 Å². The first-order valence-corrected chi connectivity index (χ1v) is 8.47. The number of nitrogen functional groups attached to an aromatic ring is 1. The molecule has 0 atom stereocenters. The van der Waals surface area contributed by atoms with E-state index in [1.165, 1.54) is 64.2 Å². The van der Waals surface area contributed by atoms with Gasteiger partial charge in [-0.3, -0.25) is 0 Å². The summed E-state index contributed by atoms with van der Waals surface area (Å²) in [5, 5.41) is 8.47. The second-order valence-electron chi connectivity index (χ2n) is 5.73. The molecule has 1 heterocycles. The minimum absolute atomic E-state index is 0.949. The van der Waals surface area contributed by atoms with Gasteiger partial charge in [0.1, 0.15) is 0 Å². The van der Waals surface area contributed by atoms with Crippen molar-refractivity contribution in [1.29, 1.82) is 0 Å². The van der Waals surface area contributed by atoms with Crippen LogP contribution in [-0.2, 0) is 12.8 Å². The minimum atomic E-state index is 0.949. The van der Waals surface area contributed by atoms with Crippen molar-refractivity contribution in [2.45, 2.75) is 90.9 Å². The van der Waals surface area contributed by atoms with E-state index in [-0.39, 0.29) is 0 Å². The zero-order valence-corrected chi connectivity index (χ0v) is 13.4. The standard InChI is InChI=1S/C16H32N4/c1-3-5-7-9-11-13-15-18-19-16(20(15)17)14-12-10-8-6-4-2/h3-14,17H2,1-2H3. The molecule has 2 N–H and O–H groups in total. The number of rotatable bonds is 12. The van der Waals surface area contributed by atoms with E-state index in [1.54, 1.807) is 4.68 Å². The molecule has 0 unspecified atom stereocenters. The van der Waals surface area contributed by atoms with Gasteiger partial charge in [0, 0.05) is 12.8 Å². The van der Waals surface area contributed by atoms with E-state index in [0.717, 1.165) is 24.5 Å². The number of nitrogens with zero attached hydrogens (tertiary/aromatic N) is 3. The van der Waals surface area contributed by atoms with E-state index in [4.69, 9.17) is 5.84 Å². The zero-order chi connectivity index (χ0) is 14.6. The van der Waals surface area contributed by atoms with Gasteiger partial charge in [0.25, 0.3) is 0 Å². The quantitative estimate of drug-likeness (QED) is 0.465. The van der Waals surface area contributed by atoms with Gasteiger partial charge in [0.15, 0.2) is 11.6 Å². The van der Waals surface area contributed by atoms with Gasteiger partial charge in [0.05, 0.1) is 0 Å². The van der Waals surface area contributed by atoms with Crippen LogP contribution in [0.15, 0.2) is 0 Å². The Morgan fingerprint density at radius 2 is 1.10 bits per heavy atom. The smallest absolute Gasteiger partial charge is 0.151 e. The SMILES string of the molecule is CCCCCCCc1nnc(CCCCCCC)n1N. The minimum Gasteiger partial charge on any atom is -0.336 e. The van der Waals surface area contributed by atoms with Gasteiger partial charge in [-0.05, 0) is 12.8 Å². The molecular formula is C16H32N4. The largest absolute Gasteiger partial charge is 0.336 e. The summed E-state index contributed by atoms with van der Waals surface area (Å²) in [4.78, 5) is 0. The lowest BCUT2D eigenvalue weighted by atomic mass is 10.1. The third-order valence-corrected chi connectivity index (χ3v) is 3.84. The maximum absolute atomic E-state index is 6.08. The first kappa shape index (κ1) is 17.0. The monoisotopic (exact) mass is 280 g/mol. The Kier molecular flexibility index (Phi) is 9.09. The summed E-state index contributed by atoms with van der Waals surface area (Å²) in [7, 11) is 0. The van der Waals surface area contributed by atoms with Gasteiger partial charge in [-0.1, -0.05) is 65.2 Å². The van der Waals surface area contributed by atoms with Gasteiger partial charge in [-0.15, -0.1) is 10.2 Å². The highest BCUT2D eigenvalue weighted by molar-refractivity contribution is 4.96. The number of aryl methyl sites for hydroxylation is 2. The fraction of sp³-hybridized carbons (Fsp3) is 0.875. The van der Waals surface area contributed by atoms with Gasteiger partial charge < -0.3 is 5.84 Å². The van der Waals surface area contributed by atoms with Crippen LogP contribution < -0.4 is 5.84 Å². The molecule has 0 aromatic carbocycles. The maximum atomic E-state index is 6.08. The van der Waals surface area contributed by atoms with Crippen molar-refractivity contribution in [3.63, 3.8) is 0 Å². The second-order valence-corrected chi connectivity index (χ2v) is 5.73. The molecule has 0 aliphatic rings. The third kappa shape index (κ3) is 6.40. The second kappa shape index (κ2) is 10.7. The Balaban J connectivity index is 2.22. The Bertz CT molecular complexity index is 315.